The number of thiophene rings is 1. The average molecular weight is 361 g/mol. The van der Waals surface area contributed by atoms with E-state index in [0.29, 0.717) is 6.61 Å². The number of nitrogen functional groups attached to an aromatic ring is 1. The van der Waals surface area contributed by atoms with E-state index in [0.717, 1.165) is 30.7 Å². The maximum Gasteiger partial charge on any atom is 0.134 e. The maximum atomic E-state index is 7.53. The fourth-order valence-corrected chi connectivity index (χ4v) is 3.67. The van der Waals surface area contributed by atoms with Gasteiger partial charge in [-0.15, -0.1) is 11.3 Å². The van der Waals surface area contributed by atoms with Gasteiger partial charge in [-0.3, -0.25) is 5.41 Å². The molecular formula is C16H13BrN2OS. The second-order valence-electron chi connectivity index (χ2n) is 4.59. The van der Waals surface area contributed by atoms with Crippen molar-refractivity contribution in [2.45, 2.75) is 6.61 Å². The molecule has 3 N–H and O–H groups in total. The second-order valence-corrected chi connectivity index (χ2v) is 6.46. The molecule has 0 spiro atoms. The van der Waals surface area contributed by atoms with Crippen LogP contribution in [0.15, 0.2) is 53.0 Å². The predicted molar refractivity (Wildman–Crippen MR) is 91.3 cm³/mol. The SMILES string of the molecule is N=C(N)c1cc2c(Br)c(OCc3ccccc3)ccc2s1. The second kappa shape index (κ2) is 5.87. The van der Waals surface area contributed by atoms with Gasteiger partial charge in [-0.1, -0.05) is 30.3 Å². The highest BCUT2D eigenvalue weighted by Gasteiger charge is 2.11. The van der Waals surface area contributed by atoms with Crippen LogP contribution in [0.2, 0.25) is 0 Å². The molecule has 0 atom stereocenters. The number of rotatable bonds is 4. The van der Waals surface area contributed by atoms with Gasteiger partial charge in [-0.05, 0) is 39.7 Å². The minimum Gasteiger partial charge on any atom is -0.488 e. The first kappa shape index (κ1) is 14.1. The van der Waals surface area contributed by atoms with Crippen LogP contribution in [0.3, 0.4) is 0 Å². The number of hydrogen-bond acceptors (Lipinski definition) is 3. The molecule has 0 amide bonds. The molecular weight excluding hydrogens is 348 g/mol. The largest absolute Gasteiger partial charge is 0.488 e. The van der Waals surface area contributed by atoms with Crippen LogP contribution in [0.1, 0.15) is 10.4 Å². The summed E-state index contributed by atoms with van der Waals surface area (Å²) in [6.07, 6.45) is 0. The fourth-order valence-electron chi connectivity index (χ4n) is 2.04. The Hall–Kier alpha value is -1.85. The zero-order valence-corrected chi connectivity index (χ0v) is 13.5. The molecule has 0 fully saturated rings. The molecule has 2 aromatic carbocycles. The molecule has 21 heavy (non-hydrogen) atoms. The Kier molecular flexibility index (Phi) is 3.94. The van der Waals surface area contributed by atoms with Gasteiger partial charge in [0, 0.05) is 10.1 Å². The summed E-state index contributed by atoms with van der Waals surface area (Å²) < 4.78 is 7.86. The summed E-state index contributed by atoms with van der Waals surface area (Å²) in [4.78, 5) is 0.769. The lowest BCUT2D eigenvalue weighted by Crippen LogP contribution is -2.08. The first-order valence-electron chi connectivity index (χ1n) is 6.38. The topological polar surface area (TPSA) is 59.1 Å². The quantitative estimate of drug-likeness (QED) is 0.530. The van der Waals surface area contributed by atoms with Gasteiger partial charge in [0.25, 0.3) is 0 Å². The van der Waals surface area contributed by atoms with E-state index in [1.54, 1.807) is 0 Å². The molecule has 0 aliphatic heterocycles. The molecule has 3 rings (SSSR count). The minimum atomic E-state index is 0.0925. The van der Waals surface area contributed by atoms with Gasteiger partial charge in [0.05, 0.1) is 9.35 Å². The van der Waals surface area contributed by atoms with E-state index in [-0.39, 0.29) is 5.84 Å². The molecule has 3 aromatic rings. The van der Waals surface area contributed by atoms with Crippen molar-refractivity contribution in [3.05, 3.63) is 63.4 Å². The molecule has 0 aliphatic carbocycles. The van der Waals surface area contributed by atoms with Crippen LogP contribution in [-0.2, 0) is 6.61 Å². The van der Waals surface area contributed by atoms with Crippen LogP contribution in [0.5, 0.6) is 5.75 Å². The number of nitrogens with two attached hydrogens (primary N) is 1. The van der Waals surface area contributed by atoms with Crippen molar-refractivity contribution in [3.8, 4) is 5.75 Å². The minimum absolute atomic E-state index is 0.0925. The Morgan fingerprint density at radius 1 is 1.19 bits per heavy atom. The zero-order valence-electron chi connectivity index (χ0n) is 11.1. The Balaban J connectivity index is 1.89. The van der Waals surface area contributed by atoms with Crippen LogP contribution >= 0.6 is 27.3 Å². The molecule has 5 heteroatoms. The summed E-state index contributed by atoms with van der Waals surface area (Å²) in [7, 11) is 0. The summed E-state index contributed by atoms with van der Waals surface area (Å²) in [5.74, 6) is 0.883. The standard InChI is InChI=1S/C16H13BrN2OS/c17-15-11-8-14(16(18)19)21-13(11)7-6-12(15)20-9-10-4-2-1-3-5-10/h1-8H,9H2,(H3,18,19). The molecule has 3 nitrogen and oxygen atoms in total. The summed E-state index contributed by atoms with van der Waals surface area (Å²) >= 11 is 5.10. The van der Waals surface area contributed by atoms with E-state index in [1.165, 1.54) is 11.3 Å². The summed E-state index contributed by atoms with van der Waals surface area (Å²) in [5, 5.41) is 8.55. The van der Waals surface area contributed by atoms with Crippen LogP contribution in [0, 0.1) is 5.41 Å². The third-order valence-corrected chi connectivity index (χ3v) is 5.05. The number of amidine groups is 1. The van der Waals surface area contributed by atoms with E-state index in [9.17, 15) is 0 Å². The van der Waals surface area contributed by atoms with Crippen LogP contribution in [0.4, 0.5) is 0 Å². The van der Waals surface area contributed by atoms with Gasteiger partial charge >= 0.3 is 0 Å². The predicted octanol–water partition coefficient (Wildman–Crippen LogP) is 4.53. The average Bonchev–Trinajstić information content (AvgIpc) is 2.93. The van der Waals surface area contributed by atoms with Gasteiger partial charge in [-0.25, -0.2) is 0 Å². The summed E-state index contributed by atoms with van der Waals surface area (Å²) in [6, 6.07) is 15.9. The van der Waals surface area contributed by atoms with Crippen LogP contribution < -0.4 is 10.5 Å². The number of fused-ring (bicyclic) bond motifs is 1. The molecule has 1 aromatic heterocycles. The molecule has 0 saturated heterocycles. The molecule has 106 valence electrons. The molecule has 0 bridgehead atoms. The van der Waals surface area contributed by atoms with Crippen molar-refractivity contribution in [1.82, 2.24) is 0 Å². The van der Waals surface area contributed by atoms with Gasteiger partial charge in [0.2, 0.25) is 0 Å². The van der Waals surface area contributed by atoms with Gasteiger partial charge in [0.15, 0.2) is 0 Å². The number of hydrogen-bond donors (Lipinski definition) is 2. The lowest BCUT2D eigenvalue weighted by atomic mass is 10.2. The summed E-state index contributed by atoms with van der Waals surface area (Å²) in [6.45, 7) is 0.522. The number of nitrogens with one attached hydrogen (secondary N) is 1. The lowest BCUT2D eigenvalue weighted by molar-refractivity contribution is 0.305. The van der Waals surface area contributed by atoms with E-state index < -0.39 is 0 Å². The van der Waals surface area contributed by atoms with Crippen molar-refractivity contribution >= 4 is 43.2 Å². The van der Waals surface area contributed by atoms with Crippen molar-refractivity contribution in [1.29, 1.82) is 5.41 Å². The van der Waals surface area contributed by atoms with Crippen molar-refractivity contribution in [2.24, 2.45) is 5.73 Å². The van der Waals surface area contributed by atoms with E-state index >= 15 is 0 Å². The third kappa shape index (κ3) is 2.94. The monoisotopic (exact) mass is 360 g/mol. The third-order valence-electron chi connectivity index (χ3n) is 3.10. The van der Waals surface area contributed by atoms with Gasteiger partial charge < -0.3 is 10.5 Å². The molecule has 0 saturated carbocycles. The highest BCUT2D eigenvalue weighted by atomic mass is 79.9. The highest BCUT2D eigenvalue weighted by molar-refractivity contribution is 9.10. The van der Waals surface area contributed by atoms with E-state index in [2.05, 4.69) is 15.9 Å². The highest BCUT2D eigenvalue weighted by Crippen LogP contribution is 2.37. The number of ether oxygens (including phenoxy) is 1. The van der Waals surface area contributed by atoms with Crippen molar-refractivity contribution < 1.29 is 4.74 Å². The summed E-state index contributed by atoms with van der Waals surface area (Å²) in [5.41, 5.74) is 6.67. The molecule has 1 heterocycles. The lowest BCUT2D eigenvalue weighted by Gasteiger charge is -2.08. The molecule has 0 radical (unpaired) electrons. The molecule has 0 aliphatic rings. The van der Waals surface area contributed by atoms with Gasteiger partial charge in [0.1, 0.15) is 18.2 Å². The Bertz CT molecular complexity index is 799. The Morgan fingerprint density at radius 2 is 1.95 bits per heavy atom. The smallest absolute Gasteiger partial charge is 0.134 e. The van der Waals surface area contributed by atoms with Crippen molar-refractivity contribution in [2.75, 3.05) is 0 Å². The Morgan fingerprint density at radius 3 is 2.67 bits per heavy atom. The fraction of sp³-hybridized carbons (Fsp3) is 0.0625. The van der Waals surface area contributed by atoms with Crippen LogP contribution in [0.25, 0.3) is 10.1 Å². The number of halogens is 1. The van der Waals surface area contributed by atoms with Crippen LogP contribution in [-0.4, -0.2) is 5.84 Å². The Labute approximate surface area is 135 Å². The maximum absolute atomic E-state index is 7.53. The first-order chi connectivity index (χ1) is 10.1. The first-order valence-corrected chi connectivity index (χ1v) is 7.99. The van der Waals surface area contributed by atoms with Gasteiger partial charge in [-0.2, -0.15) is 0 Å². The van der Waals surface area contributed by atoms with E-state index in [1.807, 2.05) is 48.5 Å². The van der Waals surface area contributed by atoms with Crippen molar-refractivity contribution in [3.63, 3.8) is 0 Å². The normalized spacial score (nSPS) is 10.7. The zero-order chi connectivity index (χ0) is 14.8. The molecule has 0 unspecified atom stereocenters. The number of benzene rings is 2. The van der Waals surface area contributed by atoms with E-state index in [4.69, 9.17) is 15.9 Å².